The van der Waals surface area contributed by atoms with Crippen molar-refractivity contribution in [3.05, 3.63) is 33.9 Å². The Labute approximate surface area is 151 Å². The Morgan fingerprint density at radius 1 is 1.44 bits per heavy atom. The van der Waals surface area contributed by atoms with Crippen molar-refractivity contribution in [2.24, 2.45) is 5.92 Å². The SMILES string of the molecule is COc1ccc(C(=O)N2CC[C@@H](CN(C)Cc3scnc3C)C2)nn1. The number of thiazole rings is 1. The van der Waals surface area contributed by atoms with E-state index in [1.54, 1.807) is 23.5 Å². The Balaban J connectivity index is 1.52. The molecule has 3 rings (SSSR count). The van der Waals surface area contributed by atoms with Crippen molar-refractivity contribution in [2.75, 3.05) is 33.8 Å². The molecular weight excluding hydrogens is 338 g/mol. The maximum absolute atomic E-state index is 12.5. The first-order chi connectivity index (χ1) is 12.1. The molecule has 0 saturated carbocycles. The van der Waals surface area contributed by atoms with E-state index >= 15 is 0 Å². The van der Waals surface area contributed by atoms with Crippen LogP contribution in [0.1, 0.15) is 27.5 Å². The van der Waals surface area contributed by atoms with Crippen molar-refractivity contribution < 1.29 is 9.53 Å². The number of rotatable bonds is 6. The summed E-state index contributed by atoms with van der Waals surface area (Å²) < 4.78 is 4.98. The molecule has 1 aliphatic rings. The lowest BCUT2D eigenvalue weighted by Crippen LogP contribution is -2.32. The molecule has 2 aromatic heterocycles. The molecule has 0 aliphatic carbocycles. The first-order valence-corrected chi connectivity index (χ1v) is 9.19. The number of aromatic nitrogens is 3. The number of methoxy groups -OCH3 is 1. The van der Waals surface area contributed by atoms with Gasteiger partial charge in [-0.1, -0.05) is 0 Å². The van der Waals surface area contributed by atoms with Crippen LogP contribution >= 0.6 is 11.3 Å². The molecule has 0 aromatic carbocycles. The van der Waals surface area contributed by atoms with Crippen LogP contribution in [0.3, 0.4) is 0 Å². The lowest BCUT2D eigenvalue weighted by atomic mass is 10.1. The monoisotopic (exact) mass is 361 g/mol. The largest absolute Gasteiger partial charge is 0.480 e. The molecule has 3 heterocycles. The van der Waals surface area contributed by atoms with Crippen LogP contribution < -0.4 is 4.74 Å². The maximum atomic E-state index is 12.5. The average molecular weight is 361 g/mol. The number of ether oxygens (including phenoxy) is 1. The van der Waals surface area contributed by atoms with E-state index < -0.39 is 0 Å². The fourth-order valence-electron chi connectivity index (χ4n) is 3.10. The second-order valence-electron chi connectivity index (χ2n) is 6.42. The van der Waals surface area contributed by atoms with Crippen LogP contribution in [0.15, 0.2) is 17.6 Å². The topological polar surface area (TPSA) is 71.5 Å². The summed E-state index contributed by atoms with van der Waals surface area (Å²) in [4.78, 5) is 22.3. The lowest BCUT2D eigenvalue weighted by molar-refractivity contribution is 0.0777. The van der Waals surface area contributed by atoms with Crippen LogP contribution in [-0.4, -0.2) is 64.7 Å². The molecule has 0 spiro atoms. The molecule has 2 aromatic rings. The van der Waals surface area contributed by atoms with Gasteiger partial charge in [-0.25, -0.2) is 4.98 Å². The Hall–Kier alpha value is -2.06. The zero-order valence-electron chi connectivity index (χ0n) is 14.8. The zero-order chi connectivity index (χ0) is 17.8. The number of aryl methyl sites for hydroxylation is 1. The van der Waals surface area contributed by atoms with Gasteiger partial charge in [-0.05, 0) is 32.4 Å². The molecule has 7 nitrogen and oxygen atoms in total. The van der Waals surface area contributed by atoms with Crippen molar-refractivity contribution >= 4 is 17.2 Å². The molecular formula is C17H23N5O2S. The van der Waals surface area contributed by atoms with Gasteiger partial charge in [0.15, 0.2) is 5.69 Å². The van der Waals surface area contributed by atoms with Gasteiger partial charge in [-0.2, -0.15) is 0 Å². The van der Waals surface area contributed by atoms with Gasteiger partial charge in [0.25, 0.3) is 5.91 Å². The third-order valence-electron chi connectivity index (χ3n) is 4.47. The minimum atomic E-state index is -0.0568. The molecule has 25 heavy (non-hydrogen) atoms. The molecule has 1 aliphatic heterocycles. The highest BCUT2D eigenvalue weighted by molar-refractivity contribution is 7.09. The summed E-state index contributed by atoms with van der Waals surface area (Å²) in [6.07, 6.45) is 1.02. The van der Waals surface area contributed by atoms with Gasteiger partial charge >= 0.3 is 0 Å². The molecule has 1 atom stereocenters. The Morgan fingerprint density at radius 3 is 2.92 bits per heavy atom. The third kappa shape index (κ3) is 4.32. The molecule has 0 bridgehead atoms. The van der Waals surface area contributed by atoms with Gasteiger partial charge in [0, 0.05) is 37.1 Å². The van der Waals surface area contributed by atoms with Gasteiger partial charge in [0.2, 0.25) is 5.88 Å². The third-order valence-corrected chi connectivity index (χ3v) is 5.39. The highest BCUT2D eigenvalue weighted by atomic mass is 32.1. The van der Waals surface area contributed by atoms with Crippen LogP contribution in [-0.2, 0) is 6.54 Å². The van der Waals surface area contributed by atoms with Crippen molar-refractivity contribution in [2.45, 2.75) is 19.9 Å². The predicted molar refractivity (Wildman–Crippen MR) is 95.8 cm³/mol. The van der Waals surface area contributed by atoms with Gasteiger partial charge in [-0.3, -0.25) is 4.79 Å². The maximum Gasteiger partial charge on any atom is 0.274 e. The molecule has 0 unspecified atom stereocenters. The molecule has 1 fully saturated rings. The second-order valence-corrected chi connectivity index (χ2v) is 7.36. The fraction of sp³-hybridized carbons (Fsp3) is 0.529. The Morgan fingerprint density at radius 2 is 2.28 bits per heavy atom. The number of carbonyl (C=O) groups is 1. The van der Waals surface area contributed by atoms with E-state index in [-0.39, 0.29) is 5.91 Å². The van der Waals surface area contributed by atoms with Crippen LogP contribution in [0.5, 0.6) is 5.88 Å². The predicted octanol–water partition coefficient (Wildman–Crippen LogP) is 1.84. The standard InChI is InChI=1S/C17H23N5O2S/c1-12-15(25-11-18-12)10-21(2)8-13-6-7-22(9-13)17(23)14-4-5-16(24-3)20-19-14/h4-5,11,13H,6-10H2,1-3H3/t13-/m0/s1. The van der Waals surface area contributed by atoms with Gasteiger partial charge in [-0.15, -0.1) is 21.5 Å². The molecule has 1 amide bonds. The zero-order valence-corrected chi connectivity index (χ0v) is 15.6. The normalized spacial score (nSPS) is 17.3. The van der Waals surface area contributed by atoms with E-state index in [9.17, 15) is 4.79 Å². The summed E-state index contributed by atoms with van der Waals surface area (Å²) in [5, 5.41) is 7.83. The summed E-state index contributed by atoms with van der Waals surface area (Å²) in [5.41, 5.74) is 3.37. The highest BCUT2D eigenvalue weighted by Gasteiger charge is 2.28. The van der Waals surface area contributed by atoms with Crippen molar-refractivity contribution in [1.82, 2.24) is 25.0 Å². The molecule has 0 N–H and O–H groups in total. The Kier molecular flexibility index (Phi) is 5.60. The van der Waals surface area contributed by atoms with Gasteiger partial charge < -0.3 is 14.5 Å². The van der Waals surface area contributed by atoms with Crippen molar-refractivity contribution in [3.8, 4) is 5.88 Å². The second kappa shape index (κ2) is 7.88. The number of amides is 1. The van der Waals surface area contributed by atoms with Crippen LogP contribution in [0, 0.1) is 12.8 Å². The summed E-state index contributed by atoms with van der Waals surface area (Å²) in [5.74, 6) is 0.836. The van der Waals surface area contributed by atoms with E-state index in [2.05, 4.69) is 27.1 Å². The first-order valence-electron chi connectivity index (χ1n) is 8.31. The highest BCUT2D eigenvalue weighted by Crippen LogP contribution is 2.21. The number of hydrogen-bond donors (Lipinski definition) is 0. The number of hydrogen-bond acceptors (Lipinski definition) is 7. The van der Waals surface area contributed by atoms with E-state index in [1.165, 1.54) is 12.0 Å². The number of carbonyl (C=O) groups excluding carboxylic acids is 1. The lowest BCUT2D eigenvalue weighted by Gasteiger charge is -2.21. The molecule has 8 heteroatoms. The van der Waals surface area contributed by atoms with E-state index in [1.807, 2.05) is 17.3 Å². The van der Waals surface area contributed by atoms with Crippen LogP contribution in [0.4, 0.5) is 0 Å². The first kappa shape index (κ1) is 17.8. The quantitative estimate of drug-likeness (QED) is 0.782. The minimum Gasteiger partial charge on any atom is -0.480 e. The average Bonchev–Trinajstić information content (AvgIpc) is 3.24. The Bertz CT molecular complexity index is 718. The number of likely N-dealkylation sites (tertiary alicyclic amines) is 1. The van der Waals surface area contributed by atoms with Crippen molar-refractivity contribution in [1.29, 1.82) is 0 Å². The molecule has 0 radical (unpaired) electrons. The summed E-state index contributed by atoms with van der Waals surface area (Å²) >= 11 is 1.70. The van der Waals surface area contributed by atoms with E-state index in [0.29, 0.717) is 17.5 Å². The van der Waals surface area contributed by atoms with E-state index in [0.717, 1.165) is 38.3 Å². The van der Waals surface area contributed by atoms with Crippen molar-refractivity contribution in [3.63, 3.8) is 0 Å². The van der Waals surface area contributed by atoms with Crippen LogP contribution in [0.2, 0.25) is 0 Å². The molecule has 134 valence electrons. The summed E-state index contributed by atoms with van der Waals surface area (Å²) in [6.45, 7) is 5.45. The van der Waals surface area contributed by atoms with Gasteiger partial charge in [0.05, 0.1) is 18.3 Å². The molecule has 1 saturated heterocycles. The minimum absolute atomic E-state index is 0.0568. The van der Waals surface area contributed by atoms with E-state index in [4.69, 9.17) is 4.74 Å². The van der Waals surface area contributed by atoms with Gasteiger partial charge in [0.1, 0.15) is 0 Å². The van der Waals surface area contributed by atoms with Crippen LogP contribution in [0.25, 0.3) is 0 Å². The fourth-order valence-corrected chi connectivity index (χ4v) is 3.96. The smallest absolute Gasteiger partial charge is 0.274 e. The summed E-state index contributed by atoms with van der Waals surface area (Å²) in [6, 6.07) is 3.33. The number of nitrogens with zero attached hydrogens (tertiary/aromatic N) is 5. The summed E-state index contributed by atoms with van der Waals surface area (Å²) in [7, 11) is 3.65.